The van der Waals surface area contributed by atoms with Crippen molar-refractivity contribution in [2.75, 3.05) is 6.61 Å². The van der Waals surface area contributed by atoms with Crippen LogP contribution in [0.4, 0.5) is 0 Å². The van der Waals surface area contributed by atoms with Gasteiger partial charge in [-0.05, 0) is 12.0 Å². The topological polar surface area (TPSA) is 9.23 Å². The van der Waals surface area contributed by atoms with Crippen molar-refractivity contribution in [2.24, 2.45) is 0 Å². The highest BCUT2D eigenvalue weighted by Gasteiger charge is 2.11. The number of ether oxygens (including phenoxy) is 1. The van der Waals surface area contributed by atoms with Crippen molar-refractivity contribution in [3.8, 4) is 0 Å². The zero-order valence-corrected chi connectivity index (χ0v) is 12.0. The molecule has 0 aliphatic carbocycles. The van der Waals surface area contributed by atoms with E-state index in [1.807, 2.05) is 6.07 Å². The summed E-state index contributed by atoms with van der Waals surface area (Å²) in [5.41, 5.74) is 2.79. The van der Waals surface area contributed by atoms with Gasteiger partial charge in [-0.15, -0.1) is 5.47 Å². The third-order valence-corrected chi connectivity index (χ3v) is 3.49. The van der Waals surface area contributed by atoms with Crippen LogP contribution in [-0.2, 0) is 11.3 Å². The first-order chi connectivity index (χ1) is 8.81. The van der Waals surface area contributed by atoms with Gasteiger partial charge in [-0.25, -0.2) is 0 Å². The van der Waals surface area contributed by atoms with Gasteiger partial charge in [0, 0.05) is 0 Å². The largest absolute Gasteiger partial charge is 0.373 e. The number of rotatable bonds is 8. The summed E-state index contributed by atoms with van der Waals surface area (Å²) in [7, 11) is 0. The Bertz CT molecular complexity index is 341. The lowest BCUT2D eigenvalue weighted by atomic mass is 9.40. The van der Waals surface area contributed by atoms with Gasteiger partial charge in [-0.3, -0.25) is 0 Å². The molecule has 0 bridgehead atoms. The molecule has 1 aromatic carbocycles. The van der Waals surface area contributed by atoms with E-state index in [4.69, 9.17) is 4.74 Å². The van der Waals surface area contributed by atoms with E-state index in [0.29, 0.717) is 6.61 Å². The van der Waals surface area contributed by atoms with E-state index in [1.54, 1.807) is 5.47 Å². The quantitative estimate of drug-likeness (QED) is 0.479. The SMILES string of the molecule is CCB(CC)/C(=C\COCc1ccccc1)CC. The zero-order valence-electron chi connectivity index (χ0n) is 12.0. The summed E-state index contributed by atoms with van der Waals surface area (Å²) in [5, 5.41) is 0. The predicted octanol–water partition coefficient (Wildman–Crippen LogP) is 4.61. The van der Waals surface area contributed by atoms with Crippen LogP contribution in [0.15, 0.2) is 41.9 Å². The Balaban J connectivity index is 2.38. The van der Waals surface area contributed by atoms with Gasteiger partial charge in [-0.1, -0.05) is 69.8 Å². The highest BCUT2D eigenvalue weighted by molar-refractivity contribution is 6.66. The first-order valence-electron chi connectivity index (χ1n) is 7.12. The maximum atomic E-state index is 5.71. The normalized spacial score (nSPS) is 11.6. The predicted molar refractivity (Wildman–Crippen MR) is 81.2 cm³/mol. The lowest BCUT2D eigenvalue weighted by Gasteiger charge is -2.12. The second-order valence-electron chi connectivity index (χ2n) is 4.65. The van der Waals surface area contributed by atoms with Gasteiger partial charge in [0.15, 0.2) is 6.71 Å². The van der Waals surface area contributed by atoms with Crippen LogP contribution in [0.2, 0.25) is 12.6 Å². The fraction of sp³-hybridized carbons (Fsp3) is 0.500. The number of allylic oxidation sites excluding steroid dienone is 1. The molecule has 1 rings (SSSR count). The molecule has 0 spiro atoms. The monoisotopic (exact) mass is 244 g/mol. The highest BCUT2D eigenvalue weighted by atomic mass is 16.5. The van der Waals surface area contributed by atoms with Gasteiger partial charge in [0.1, 0.15) is 0 Å². The summed E-state index contributed by atoms with van der Waals surface area (Å²) in [6.07, 6.45) is 5.88. The Hall–Kier alpha value is -1.02. The summed E-state index contributed by atoms with van der Waals surface area (Å²) in [4.78, 5) is 0. The standard InChI is InChI=1S/C16H25BO/c1-4-16(17(5-2)6-3)12-13-18-14-15-10-8-7-9-11-15/h7-12H,4-6,13-14H2,1-3H3/b16-12-. The van der Waals surface area contributed by atoms with Crippen molar-refractivity contribution in [1.29, 1.82) is 0 Å². The molecule has 0 aliphatic rings. The molecule has 0 saturated carbocycles. The minimum Gasteiger partial charge on any atom is -0.373 e. The van der Waals surface area contributed by atoms with Crippen molar-refractivity contribution in [1.82, 2.24) is 0 Å². The molecule has 0 unspecified atom stereocenters. The summed E-state index contributed by atoms with van der Waals surface area (Å²) >= 11 is 0. The third kappa shape index (κ3) is 5.09. The maximum Gasteiger partial charge on any atom is 0.169 e. The molecule has 1 aromatic rings. The Morgan fingerprint density at radius 2 is 1.78 bits per heavy atom. The molecule has 0 N–H and O–H groups in total. The smallest absolute Gasteiger partial charge is 0.169 e. The molecule has 2 heteroatoms. The molecule has 0 fully saturated rings. The van der Waals surface area contributed by atoms with E-state index in [9.17, 15) is 0 Å². The fourth-order valence-electron chi connectivity index (χ4n) is 2.33. The van der Waals surface area contributed by atoms with E-state index in [1.165, 1.54) is 18.2 Å². The maximum absolute atomic E-state index is 5.71. The van der Waals surface area contributed by atoms with Crippen LogP contribution in [-0.4, -0.2) is 13.3 Å². The van der Waals surface area contributed by atoms with Crippen LogP contribution in [0.1, 0.15) is 32.8 Å². The fourth-order valence-corrected chi connectivity index (χ4v) is 2.33. The Labute approximate surface area is 112 Å². The first-order valence-corrected chi connectivity index (χ1v) is 7.12. The number of hydrogen-bond donors (Lipinski definition) is 0. The molecular weight excluding hydrogens is 219 g/mol. The van der Waals surface area contributed by atoms with Crippen molar-refractivity contribution >= 4 is 6.71 Å². The molecule has 0 atom stereocenters. The Kier molecular flexibility index (Phi) is 7.51. The van der Waals surface area contributed by atoms with Crippen LogP contribution in [0, 0.1) is 0 Å². The lowest BCUT2D eigenvalue weighted by molar-refractivity contribution is 0.148. The average molecular weight is 244 g/mol. The molecule has 1 nitrogen and oxygen atoms in total. The number of hydrogen-bond acceptors (Lipinski definition) is 1. The van der Waals surface area contributed by atoms with E-state index in [-0.39, 0.29) is 0 Å². The molecular formula is C16H25BO. The molecule has 0 saturated heterocycles. The van der Waals surface area contributed by atoms with E-state index in [2.05, 4.69) is 51.1 Å². The van der Waals surface area contributed by atoms with Gasteiger partial charge < -0.3 is 4.74 Å². The van der Waals surface area contributed by atoms with Gasteiger partial charge in [0.25, 0.3) is 0 Å². The van der Waals surface area contributed by atoms with Crippen molar-refractivity contribution in [3.05, 3.63) is 47.4 Å². The molecule has 0 heterocycles. The second-order valence-corrected chi connectivity index (χ2v) is 4.65. The van der Waals surface area contributed by atoms with Crippen LogP contribution >= 0.6 is 0 Å². The zero-order chi connectivity index (χ0) is 13.2. The summed E-state index contributed by atoms with van der Waals surface area (Å²) < 4.78 is 5.71. The van der Waals surface area contributed by atoms with Crippen LogP contribution < -0.4 is 0 Å². The highest BCUT2D eigenvalue weighted by Crippen LogP contribution is 2.13. The molecule has 18 heavy (non-hydrogen) atoms. The first kappa shape index (κ1) is 15.0. The van der Waals surface area contributed by atoms with Gasteiger partial charge in [0.05, 0.1) is 13.2 Å². The Morgan fingerprint density at radius 1 is 1.11 bits per heavy atom. The summed E-state index contributed by atoms with van der Waals surface area (Å²) in [6.45, 7) is 8.94. The van der Waals surface area contributed by atoms with Gasteiger partial charge in [0.2, 0.25) is 0 Å². The van der Waals surface area contributed by atoms with Crippen LogP contribution in [0.3, 0.4) is 0 Å². The number of benzene rings is 1. The average Bonchev–Trinajstić information content (AvgIpc) is 2.43. The lowest BCUT2D eigenvalue weighted by Crippen LogP contribution is -2.14. The Morgan fingerprint density at radius 3 is 2.33 bits per heavy atom. The van der Waals surface area contributed by atoms with Crippen LogP contribution in [0.5, 0.6) is 0 Å². The summed E-state index contributed by atoms with van der Waals surface area (Å²) in [6, 6.07) is 10.3. The van der Waals surface area contributed by atoms with E-state index in [0.717, 1.165) is 19.7 Å². The van der Waals surface area contributed by atoms with Crippen molar-refractivity contribution < 1.29 is 4.74 Å². The minimum atomic E-state index is 0.706. The molecule has 0 aliphatic heterocycles. The van der Waals surface area contributed by atoms with Gasteiger partial charge >= 0.3 is 0 Å². The van der Waals surface area contributed by atoms with Crippen LogP contribution in [0.25, 0.3) is 0 Å². The molecule has 0 radical (unpaired) electrons. The van der Waals surface area contributed by atoms with Gasteiger partial charge in [-0.2, -0.15) is 0 Å². The van der Waals surface area contributed by atoms with E-state index >= 15 is 0 Å². The summed E-state index contributed by atoms with van der Waals surface area (Å²) in [5.74, 6) is 0. The van der Waals surface area contributed by atoms with Crippen molar-refractivity contribution in [2.45, 2.75) is 46.4 Å². The van der Waals surface area contributed by atoms with Crippen molar-refractivity contribution in [3.63, 3.8) is 0 Å². The molecule has 0 aromatic heterocycles. The molecule has 98 valence electrons. The minimum absolute atomic E-state index is 0.706. The second kappa shape index (κ2) is 8.99. The molecule has 0 amide bonds. The third-order valence-electron chi connectivity index (χ3n) is 3.49. The van der Waals surface area contributed by atoms with E-state index < -0.39 is 0 Å².